The van der Waals surface area contributed by atoms with E-state index in [0.717, 1.165) is 10.0 Å². The fraction of sp³-hybridized carbons (Fsp3) is 0.211. The number of hydrogen-bond acceptors (Lipinski definition) is 5. The van der Waals surface area contributed by atoms with Crippen LogP contribution in [0.15, 0.2) is 57.5 Å². The van der Waals surface area contributed by atoms with Crippen LogP contribution in [0.1, 0.15) is 19.2 Å². The van der Waals surface area contributed by atoms with Crippen molar-refractivity contribution in [3.8, 4) is 17.1 Å². The number of amides is 1. The largest absolute Gasteiger partial charge is 0.478 e. The van der Waals surface area contributed by atoms with Gasteiger partial charge in [0.1, 0.15) is 0 Å². The maximum absolute atomic E-state index is 13.7. The topological polar surface area (TPSA) is 77.2 Å². The Balaban J connectivity index is 1.60. The number of nitrogens with zero attached hydrogens (tertiary/aromatic N) is 2. The Hall–Kier alpha value is -2.74. The van der Waals surface area contributed by atoms with Gasteiger partial charge in [-0.2, -0.15) is 4.98 Å². The third-order valence-electron chi connectivity index (χ3n) is 3.73. The van der Waals surface area contributed by atoms with Crippen molar-refractivity contribution in [2.75, 3.05) is 0 Å². The third-order valence-corrected chi connectivity index (χ3v) is 4.23. The van der Waals surface area contributed by atoms with E-state index >= 15 is 0 Å². The zero-order valence-corrected chi connectivity index (χ0v) is 16.1. The molecule has 0 fully saturated rings. The molecule has 0 spiro atoms. The van der Waals surface area contributed by atoms with E-state index in [1.54, 1.807) is 19.1 Å². The highest BCUT2D eigenvalue weighted by Gasteiger charge is 2.20. The minimum Gasteiger partial charge on any atom is -0.478 e. The molecule has 0 radical (unpaired) electrons. The minimum atomic E-state index is -0.825. The molecule has 1 aromatic heterocycles. The predicted molar refractivity (Wildman–Crippen MR) is 100 cm³/mol. The van der Waals surface area contributed by atoms with E-state index in [0.29, 0.717) is 12.2 Å². The van der Waals surface area contributed by atoms with Crippen molar-refractivity contribution in [2.45, 2.75) is 26.0 Å². The number of nitrogens with one attached hydrogen (secondary N) is 1. The smallest absolute Gasteiger partial charge is 0.261 e. The first kappa shape index (κ1) is 19.0. The molecule has 6 nitrogen and oxygen atoms in total. The molecule has 1 unspecified atom stereocenters. The number of hydrogen-bond donors (Lipinski definition) is 1. The zero-order chi connectivity index (χ0) is 19.2. The van der Waals surface area contributed by atoms with Gasteiger partial charge in [0.05, 0.1) is 6.54 Å². The number of carbonyl (C=O) groups is 1. The van der Waals surface area contributed by atoms with Gasteiger partial charge in [0.2, 0.25) is 11.7 Å². The van der Waals surface area contributed by atoms with Gasteiger partial charge in [0, 0.05) is 10.0 Å². The van der Waals surface area contributed by atoms with Gasteiger partial charge in [-0.3, -0.25) is 4.79 Å². The molecular formula is C19H17BrFN3O3. The number of ether oxygens (including phenoxy) is 1. The van der Waals surface area contributed by atoms with Crippen molar-refractivity contribution in [1.29, 1.82) is 0 Å². The Morgan fingerprint density at radius 1 is 1.30 bits per heavy atom. The van der Waals surface area contributed by atoms with Gasteiger partial charge in [0.25, 0.3) is 5.91 Å². The van der Waals surface area contributed by atoms with Gasteiger partial charge < -0.3 is 14.6 Å². The van der Waals surface area contributed by atoms with Crippen LogP contribution >= 0.6 is 15.9 Å². The first-order valence-electron chi connectivity index (χ1n) is 8.34. The van der Waals surface area contributed by atoms with Crippen molar-refractivity contribution in [2.24, 2.45) is 0 Å². The summed E-state index contributed by atoms with van der Waals surface area (Å²) in [6.45, 7) is 1.83. The second-order valence-electron chi connectivity index (χ2n) is 5.69. The first-order chi connectivity index (χ1) is 13.1. The molecule has 0 aliphatic heterocycles. The summed E-state index contributed by atoms with van der Waals surface area (Å²) >= 11 is 3.39. The highest BCUT2D eigenvalue weighted by atomic mass is 79.9. The van der Waals surface area contributed by atoms with Crippen LogP contribution in [-0.2, 0) is 11.3 Å². The second-order valence-corrected chi connectivity index (χ2v) is 6.60. The summed E-state index contributed by atoms with van der Waals surface area (Å²) in [6, 6.07) is 13.4. The molecular weight excluding hydrogens is 417 g/mol. The van der Waals surface area contributed by atoms with Gasteiger partial charge in [-0.05, 0) is 30.7 Å². The third kappa shape index (κ3) is 4.91. The fourth-order valence-corrected chi connectivity index (χ4v) is 2.76. The van der Waals surface area contributed by atoms with Crippen molar-refractivity contribution in [3.05, 3.63) is 64.7 Å². The maximum Gasteiger partial charge on any atom is 0.261 e. The van der Waals surface area contributed by atoms with E-state index in [2.05, 4.69) is 31.4 Å². The van der Waals surface area contributed by atoms with Gasteiger partial charge in [-0.1, -0.05) is 52.3 Å². The molecule has 140 valence electrons. The molecule has 3 aromatic rings. The number of carbonyl (C=O) groups excluding carboxylic acids is 1. The number of aromatic nitrogens is 2. The average molecular weight is 434 g/mol. The van der Waals surface area contributed by atoms with E-state index in [4.69, 9.17) is 9.26 Å². The van der Waals surface area contributed by atoms with E-state index in [1.165, 1.54) is 12.1 Å². The quantitative estimate of drug-likeness (QED) is 0.606. The summed E-state index contributed by atoms with van der Waals surface area (Å²) in [4.78, 5) is 16.6. The van der Waals surface area contributed by atoms with E-state index in [1.807, 2.05) is 24.3 Å². The Labute approximate surface area is 163 Å². The Kier molecular flexibility index (Phi) is 6.18. The second kappa shape index (κ2) is 8.77. The average Bonchev–Trinajstić information content (AvgIpc) is 3.14. The molecule has 2 aromatic carbocycles. The van der Waals surface area contributed by atoms with Gasteiger partial charge >= 0.3 is 0 Å². The van der Waals surface area contributed by atoms with Crippen LogP contribution in [0.5, 0.6) is 5.75 Å². The van der Waals surface area contributed by atoms with Gasteiger partial charge in [-0.25, -0.2) is 4.39 Å². The summed E-state index contributed by atoms with van der Waals surface area (Å²) in [5.41, 5.74) is 0.792. The fourth-order valence-electron chi connectivity index (χ4n) is 2.36. The van der Waals surface area contributed by atoms with E-state index in [9.17, 15) is 9.18 Å². The van der Waals surface area contributed by atoms with Crippen LogP contribution in [0.4, 0.5) is 4.39 Å². The van der Waals surface area contributed by atoms with Gasteiger partial charge in [-0.15, -0.1) is 0 Å². The SMILES string of the molecule is CCC(Oc1ccccc1F)C(=O)NCc1nc(-c2cccc(Br)c2)no1. The number of rotatable bonds is 7. The van der Waals surface area contributed by atoms with Crippen LogP contribution in [-0.4, -0.2) is 22.2 Å². The molecule has 3 rings (SSSR count). The minimum absolute atomic E-state index is 0.0363. The van der Waals surface area contributed by atoms with Crippen LogP contribution < -0.4 is 10.1 Å². The maximum atomic E-state index is 13.7. The number of benzene rings is 2. The summed E-state index contributed by atoms with van der Waals surface area (Å²) < 4.78 is 25.2. The normalized spacial score (nSPS) is 11.8. The molecule has 1 amide bonds. The molecule has 27 heavy (non-hydrogen) atoms. The molecule has 0 bridgehead atoms. The summed E-state index contributed by atoms with van der Waals surface area (Å²) in [5, 5.41) is 6.58. The Morgan fingerprint density at radius 2 is 2.11 bits per heavy atom. The van der Waals surface area contributed by atoms with Crippen LogP contribution in [0, 0.1) is 5.82 Å². The summed E-state index contributed by atoms with van der Waals surface area (Å²) in [5.74, 6) is -0.175. The lowest BCUT2D eigenvalue weighted by molar-refractivity contribution is -0.128. The lowest BCUT2D eigenvalue weighted by Crippen LogP contribution is -2.37. The molecule has 0 saturated carbocycles. The predicted octanol–water partition coefficient (Wildman–Crippen LogP) is 4.11. The van der Waals surface area contributed by atoms with Crippen LogP contribution in [0.25, 0.3) is 11.4 Å². The van der Waals surface area contributed by atoms with Gasteiger partial charge in [0.15, 0.2) is 17.7 Å². The molecule has 1 N–H and O–H groups in total. The van der Waals surface area contributed by atoms with Crippen molar-refractivity contribution in [1.82, 2.24) is 15.5 Å². The number of halogens is 2. The lowest BCUT2D eigenvalue weighted by atomic mass is 10.2. The Morgan fingerprint density at radius 3 is 2.85 bits per heavy atom. The van der Waals surface area contributed by atoms with Crippen molar-refractivity contribution in [3.63, 3.8) is 0 Å². The highest BCUT2D eigenvalue weighted by molar-refractivity contribution is 9.10. The van der Waals surface area contributed by atoms with Crippen LogP contribution in [0.3, 0.4) is 0 Å². The molecule has 0 aliphatic carbocycles. The van der Waals surface area contributed by atoms with Crippen molar-refractivity contribution < 1.29 is 18.4 Å². The summed E-state index contributed by atoms with van der Waals surface area (Å²) in [7, 11) is 0. The summed E-state index contributed by atoms with van der Waals surface area (Å²) in [6.07, 6.45) is -0.442. The van der Waals surface area contributed by atoms with E-state index in [-0.39, 0.29) is 24.1 Å². The van der Waals surface area contributed by atoms with E-state index < -0.39 is 11.9 Å². The van der Waals surface area contributed by atoms with Crippen molar-refractivity contribution >= 4 is 21.8 Å². The highest BCUT2D eigenvalue weighted by Crippen LogP contribution is 2.20. The zero-order valence-electron chi connectivity index (χ0n) is 14.5. The monoisotopic (exact) mass is 433 g/mol. The Bertz CT molecular complexity index is 932. The van der Waals surface area contributed by atoms with Crippen LogP contribution in [0.2, 0.25) is 0 Å². The molecule has 1 heterocycles. The first-order valence-corrected chi connectivity index (χ1v) is 9.13. The lowest BCUT2D eigenvalue weighted by Gasteiger charge is -2.17. The molecule has 0 saturated heterocycles. The molecule has 8 heteroatoms. The number of para-hydroxylation sites is 1. The molecule has 0 aliphatic rings. The molecule has 1 atom stereocenters. The standard InChI is InChI=1S/C19H17BrFN3O3/c1-2-15(26-16-9-4-3-8-14(16)21)19(25)22-11-17-23-18(24-27-17)12-6-5-7-13(20)10-12/h3-10,15H,2,11H2,1H3,(H,22,25).